The first kappa shape index (κ1) is 14.2. The lowest BCUT2D eigenvalue weighted by molar-refractivity contribution is 0.489. The molecule has 0 aromatic carbocycles. The van der Waals surface area contributed by atoms with Crippen molar-refractivity contribution in [2.24, 2.45) is 0 Å². The zero-order valence-electron chi connectivity index (χ0n) is 10.7. The van der Waals surface area contributed by atoms with Crippen LogP contribution < -0.4 is 10.0 Å². The summed E-state index contributed by atoms with van der Waals surface area (Å²) in [5, 5.41) is 3.24. The zero-order chi connectivity index (χ0) is 13.1. The zero-order valence-corrected chi connectivity index (χ0v) is 11.5. The maximum Gasteiger partial charge on any atom is 0.208 e. The van der Waals surface area contributed by atoms with Gasteiger partial charge in [-0.15, -0.1) is 0 Å². The molecule has 0 amide bonds. The fourth-order valence-electron chi connectivity index (χ4n) is 1.72. The third kappa shape index (κ3) is 4.89. The van der Waals surface area contributed by atoms with Crippen LogP contribution in [0.15, 0.2) is 10.5 Å². The number of furan rings is 1. The van der Waals surface area contributed by atoms with Crippen LogP contribution in [-0.4, -0.2) is 27.8 Å². The van der Waals surface area contributed by atoms with Gasteiger partial charge in [-0.2, -0.15) is 0 Å². The second-order valence-corrected chi connectivity index (χ2v) is 6.04. The number of rotatable bonds is 6. The minimum absolute atomic E-state index is 0.147. The van der Waals surface area contributed by atoms with Gasteiger partial charge in [0.05, 0.1) is 6.26 Å². The Morgan fingerprint density at radius 3 is 2.47 bits per heavy atom. The van der Waals surface area contributed by atoms with E-state index in [1.807, 2.05) is 26.8 Å². The molecule has 6 heteroatoms. The Labute approximate surface area is 103 Å². The van der Waals surface area contributed by atoms with Gasteiger partial charge in [-0.1, -0.05) is 0 Å². The average molecular weight is 260 g/mol. The van der Waals surface area contributed by atoms with E-state index >= 15 is 0 Å². The van der Waals surface area contributed by atoms with Crippen LogP contribution in [0.25, 0.3) is 0 Å². The molecule has 0 saturated carbocycles. The summed E-state index contributed by atoms with van der Waals surface area (Å²) in [4.78, 5) is 0. The van der Waals surface area contributed by atoms with E-state index in [9.17, 15) is 8.42 Å². The Hall–Kier alpha value is -0.850. The first-order chi connectivity index (χ1) is 7.79. The summed E-state index contributed by atoms with van der Waals surface area (Å²) in [5.41, 5.74) is 1.11. The molecule has 1 heterocycles. The van der Waals surface area contributed by atoms with Crippen molar-refractivity contribution in [2.75, 3.05) is 19.3 Å². The molecule has 0 radical (unpaired) electrons. The van der Waals surface area contributed by atoms with Gasteiger partial charge in [0.25, 0.3) is 0 Å². The normalized spacial score (nSPS) is 13.9. The molecule has 0 aliphatic heterocycles. The lowest BCUT2D eigenvalue weighted by Gasteiger charge is -2.12. The molecule has 1 aromatic rings. The summed E-state index contributed by atoms with van der Waals surface area (Å²) >= 11 is 0. The predicted octanol–water partition coefficient (Wildman–Crippen LogP) is 1.10. The van der Waals surface area contributed by atoms with Crippen molar-refractivity contribution in [2.45, 2.75) is 26.8 Å². The van der Waals surface area contributed by atoms with Gasteiger partial charge in [0.15, 0.2) is 0 Å². The Morgan fingerprint density at radius 1 is 1.35 bits per heavy atom. The molecule has 0 aliphatic rings. The van der Waals surface area contributed by atoms with Gasteiger partial charge < -0.3 is 9.73 Å². The molecule has 5 nitrogen and oxygen atoms in total. The Morgan fingerprint density at radius 2 is 2.00 bits per heavy atom. The van der Waals surface area contributed by atoms with Crippen molar-refractivity contribution >= 4 is 10.0 Å². The van der Waals surface area contributed by atoms with Crippen LogP contribution in [-0.2, 0) is 10.0 Å². The van der Waals surface area contributed by atoms with E-state index in [-0.39, 0.29) is 6.04 Å². The van der Waals surface area contributed by atoms with E-state index in [1.165, 1.54) is 0 Å². The Bertz CT molecular complexity index is 465. The lowest BCUT2D eigenvalue weighted by atomic mass is 10.1. The highest BCUT2D eigenvalue weighted by atomic mass is 32.2. The summed E-state index contributed by atoms with van der Waals surface area (Å²) in [7, 11) is -3.10. The number of sulfonamides is 1. The highest BCUT2D eigenvalue weighted by Crippen LogP contribution is 2.20. The summed E-state index contributed by atoms with van der Waals surface area (Å²) in [6, 6.07) is 2.14. The van der Waals surface area contributed by atoms with E-state index in [0.29, 0.717) is 13.1 Å². The fraction of sp³-hybridized carbons (Fsp3) is 0.636. The molecular weight excluding hydrogens is 240 g/mol. The largest absolute Gasteiger partial charge is 0.466 e. The van der Waals surface area contributed by atoms with Crippen molar-refractivity contribution in [1.82, 2.24) is 10.0 Å². The van der Waals surface area contributed by atoms with Gasteiger partial charge in [0.1, 0.15) is 11.5 Å². The Kier molecular flexibility index (Phi) is 4.73. The molecule has 98 valence electrons. The summed E-state index contributed by atoms with van der Waals surface area (Å²) < 4.78 is 29.6. The smallest absolute Gasteiger partial charge is 0.208 e. The lowest BCUT2D eigenvalue weighted by Crippen LogP contribution is -2.32. The second-order valence-electron chi connectivity index (χ2n) is 4.21. The van der Waals surface area contributed by atoms with Gasteiger partial charge in [0.2, 0.25) is 10.0 Å². The maximum absolute atomic E-state index is 10.8. The van der Waals surface area contributed by atoms with Crippen LogP contribution in [0, 0.1) is 13.8 Å². The van der Waals surface area contributed by atoms with E-state index in [1.54, 1.807) is 0 Å². The van der Waals surface area contributed by atoms with Gasteiger partial charge in [-0.3, -0.25) is 0 Å². The van der Waals surface area contributed by atoms with Crippen LogP contribution in [0.1, 0.15) is 30.0 Å². The molecule has 1 aromatic heterocycles. The van der Waals surface area contributed by atoms with Gasteiger partial charge >= 0.3 is 0 Å². The number of aryl methyl sites for hydroxylation is 2. The van der Waals surface area contributed by atoms with Gasteiger partial charge in [-0.25, -0.2) is 13.1 Å². The van der Waals surface area contributed by atoms with E-state index in [2.05, 4.69) is 10.0 Å². The summed E-state index contributed by atoms with van der Waals surface area (Å²) in [6.07, 6.45) is 1.15. The molecule has 0 saturated heterocycles. The van der Waals surface area contributed by atoms with Crippen molar-refractivity contribution in [3.8, 4) is 0 Å². The number of nitrogens with one attached hydrogen (secondary N) is 2. The van der Waals surface area contributed by atoms with Crippen LogP contribution in [0.3, 0.4) is 0 Å². The minimum atomic E-state index is -3.10. The van der Waals surface area contributed by atoms with Crippen LogP contribution in [0.4, 0.5) is 0 Å². The van der Waals surface area contributed by atoms with Crippen molar-refractivity contribution in [3.05, 3.63) is 23.2 Å². The first-order valence-corrected chi connectivity index (χ1v) is 7.43. The van der Waals surface area contributed by atoms with E-state index in [4.69, 9.17) is 4.42 Å². The SMILES string of the molecule is Cc1cc(C(C)NCCNS(C)(=O)=O)c(C)o1. The molecule has 2 N–H and O–H groups in total. The van der Waals surface area contributed by atoms with E-state index < -0.39 is 10.0 Å². The predicted molar refractivity (Wildman–Crippen MR) is 67.4 cm³/mol. The summed E-state index contributed by atoms with van der Waals surface area (Å²) in [6.45, 7) is 6.83. The topological polar surface area (TPSA) is 71.3 Å². The third-order valence-electron chi connectivity index (χ3n) is 2.49. The molecule has 0 aliphatic carbocycles. The molecule has 1 unspecified atom stereocenters. The molecule has 1 atom stereocenters. The number of hydrogen-bond donors (Lipinski definition) is 2. The van der Waals surface area contributed by atoms with Gasteiger partial charge in [0, 0.05) is 24.7 Å². The third-order valence-corrected chi connectivity index (χ3v) is 3.21. The van der Waals surface area contributed by atoms with E-state index in [0.717, 1.165) is 23.3 Å². The molecule has 0 bridgehead atoms. The minimum Gasteiger partial charge on any atom is -0.466 e. The average Bonchev–Trinajstić information content (AvgIpc) is 2.51. The van der Waals surface area contributed by atoms with Crippen LogP contribution in [0.5, 0.6) is 0 Å². The second kappa shape index (κ2) is 5.66. The molecule has 17 heavy (non-hydrogen) atoms. The number of hydrogen-bond acceptors (Lipinski definition) is 4. The summed E-state index contributed by atoms with van der Waals surface area (Å²) in [5.74, 6) is 1.79. The quantitative estimate of drug-likeness (QED) is 0.751. The molecule has 0 fully saturated rings. The monoisotopic (exact) mass is 260 g/mol. The molecule has 1 rings (SSSR count). The standard InChI is InChI=1S/C11H20N2O3S/c1-8-7-11(10(3)16-8)9(2)12-5-6-13-17(4,14)15/h7,9,12-13H,5-6H2,1-4H3. The van der Waals surface area contributed by atoms with Crippen molar-refractivity contribution in [3.63, 3.8) is 0 Å². The highest BCUT2D eigenvalue weighted by Gasteiger charge is 2.11. The van der Waals surface area contributed by atoms with Crippen molar-refractivity contribution in [1.29, 1.82) is 0 Å². The molecular formula is C11H20N2O3S. The van der Waals surface area contributed by atoms with Gasteiger partial charge in [-0.05, 0) is 26.8 Å². The van der Waals surface area contributed by atoms with Crippen LogP contribution in [0.2, 0.25) is 0 Å². The van der Waals surface area contributed by atoms with Crippen molar-refractivity contribution < 1.29 is 12.8 Å². The fourth-order valence-corrected chi connectivity index (χ4v) is 2.19. The van der Waals surface area contributed by atoms with Crippen LogP contribution >= 0.6 is 0 Å². The highest BCUT2D eigenvalue weighted by molar-refractivity contribution is 7.88. The Balaban J connectivity index is 2.40. The maximum atomic E-state index is 10.8. The first-order valence-electron chi connectivity index (χ1n) is 5.54. The molecule has 0 spiro atoms.